The molecular weight excluding hydrogens is 376 g/mol. The first-order valence-corrected chi connectivity index (χ1v) is 9.27. The van der Waals surface area contributed by atoms with Gasteiger partial charge in [-0.25, -0.2) is 4.98 Å². The summed E-state index contributed by atoms with van der Waals surface area (Å²) >= 11 is 0. The first kappa shape index (κ1) is 20.2. The lowest BCUT2D eigenvalue weighted by Crippen LogP contribution is -2.49. The number of hydrogen-bond donors (Lipinski definition) is 1. The van der Waals surface area contributed by atoms with E-state index in [0.29, 0.717) is 37.6 Å². The number of carbonyl (C=O) groups excluding carboxylic acids is 2. The first-order valence-electron chi connectivity index (χ1n) is 9.27. The van der Waals surface area contributed by atoms with Gasteiger partial charge in [-0.05, 0) is 32.0 Å². The number of aromatic nitrogens is 2. The highest BCUT2D eigenvalue weighted by atomic mass is 16.6. The number of anilines is 1. The summed E-state index contributed by atoms with van der Waals surface area (Å²) in [6.45, 7) is 5.37. The van der Waals surface area contributed by atoms with Crippen molar-refractivity contribution in [1.29, 1.82) is 0 Å². The summed E-state index contributed by atoms with van der Waals surface area (Å²) in [7, 11) is 0. The van der Waals surface area contributed by atoms with E-state index >= 15 is 0 Å². The molecule has 0 radical (unpaired) electrons. The predicted octanol–water partition coefficient (Wildman–Crippen LogP) is 1.49. The van der Waals surface area contributed by atoms with Crippen molar-refractivity contribution in [2.75, 3.05) is 31.1 Å². The monoisotopic (exact) mass is 398 g/mol. The molecule has 10 nitrogen and oxygen atoms in total. The van der Waals surface area contributed by atoms with Crippen molar-refractivity contribution in [2.45, 2.75) is 19.9 Å². The van der Waals surface area contributed by atoms with Gasteiger partial charge in [0, 0.05) is 50.7 Å². The van der Waals surface area contributed by atoms with Crippen LogP contribution in [0.1, 0.15) is 34.7 Å². The molecule has 1 aliphatic rings. The zero-order valence-electron chi connectivity index (χ0n) is 16.2. The quantitative estimate of drug-likeness (QED) is 0.598. The molecule has 2 amide bonds. The van der Waals surface area contributed by atoms with Crippen LogP contribution in [0.3, 0.4) is 0 Å². The molecule has 1 saturated heterocycles. The average molecular weight is 398 g/mol. The van der Waals surface area contributed by atoms with E-state index in [0.717, 1.165) is 0 Å². The van der Waals surface area contributed by atoms with E-state index in [1.54, 1.807) is 15.9 Å². The standard InChI is InChI=1S/C19H22N6O4/c1-13(2)22-18(26)14-5-6-15(21-12-14)19(27)24-10-8-23(9-11-24)17-16(25(28)29)4-3-7-20-17/h3-7,12-13H,8-11H2,1-2H3,(H,22,26). The van der Waals surface area contributed by atoms with Gasteiger partial charge in [0.05, 0.1) is 10.5 Å². The van der Waals surface area contributed by atoms with E-state index in [4.69, 9.17) is 0 Å². The number of piperazine rings is 1. The molecule has 29 heavy (non-hydrogen) atoms. The normalized spacial score (nSPS) is 14.0. The molecule has 0 atom stereocenters. The number of rotatable bonds is 5. The van der Waals surface area contributed by atoms with Gasteiger partial charge < -0.3 is 15.1 Å². The molecule has 1 N–H and O–H groups in total. The fourth-order valence-electron chi connectivity index (χ4n) is 3.06. The summed E-state index contributed by atoms with van der Waals surface area (Å²) < 4.78 is 0. The van der Waals surface area contributed by atoms with E-state index in [9.17, 15) is 19.7 Å². The molecule has 0 aliphatic carbocycles. The van der Waals surface area contributed by atoms with Gasteiger partial charge in [0.25, 0.3) is 11.8 Å². The Balaban J connectivity index is 1.63. The van der Waals surface area contributed by atoms with Crippen molar-refractivity contribution in [3.63, 3.8) is 0 Å². The van der Waals surface area contributed by atoms with Gasteiger partial charge in [0.15, 0.2) is 0 Å². The van der Waals surface area contributed by atoms with Crippen molar-refractivity contribution < 1.29 is 14.5 Å². The fraction of sp³-hybridized carbons (Fsp3) is 0.368. The molecular formula is C19H22N6O4. The molecule has 0 spiro atoms. The molecule has 0 aromatic carbocycles. The molecule has 2 aromatic rings. The third kappa shape index (κ3) is 4.65. The Bertz CT molecular complexity index is 907. The van der Waals surface area contributed by atoms with Gasteiger partial charge in [-0.1, -0.05) is 0 Å². The smallest absolute Gasteiger partial charge is 0.311 e. The number of hydrogen-bond acceptors (Lipinski definition) is 7. The summed E-state index contributed by atoms with van der Waals surface area (Å²) in [4.78, 5) is 47.1. The van der Waals surface area contributed by atoms with Gasteiger partial charge in [-0.15, -0.1) is 0 Å². The summed E-state index contributed by atoms with van der Waals surface area (Å²) in [6, 6.07) is 6.06. The van der Waals surface area contributed by atoms with Crippen LogP contribution in [0.25, 0.3) is 0 Å². The molecule has 0 bridgehead atoms. The summed E-state index contributed by atoms with van der Waals surface area (Å²) in [6.07, 6.45) is 2.90. The van der Waals surface area contributed by atoms with Crippen LogP contribution < -0.4 is 10.2 Å². The Kier molecular flexibility index (Phi) is 6.01. The highest BCUT2D eigenvalue weighted by molar-refractivity contribution is 5.96. The predicted molar refractivity (Wildman–Crippen MR) is 106 cm³/mol. The van der Waals surface area contributed by atoms with Crippen LogP contribution in [0.2, 0.25) is 0 Å². The van der Waals surface area contributed by atoms with E-state index in [2.05, 4.69) is 15.3 Å². The van der Waals surface area contributed by atoms with Gasteiger partial charge >= 0.3 is 5.69 Å². The molecule has 1 fully saturated rings. The number of nitro groups is 1. The molecule has 10 heteroatoms. The molecule has 1 aliphatic heterocycles. The highest BCUT2D eigenvalue weighted by Crippen LogP contribution is 2.25. The SMILES string of the molecule is CC(C)NC(=O)c1ccc(C(=O)N2CCN(c3ncccc3[N+](=O)[O-])CC2)nc1. The van der Waals surface area contributed by atoms with Crippen molar-refractivity contribution in [2.24, 2.45) is 0 Å². The minimum absolute atomic E-state index is 0.00929. The zero-order valence-corrected chi connectivity index (χ0v) is 16.2. The van der Waals surface area contributed by atoms with Crippen molar-refractivity contribution in [3.05, 3.63) is 58.0 Å². The highest BCUT2D eigenvalue weighted by Gasteiger charge is 2.27. The number of amides is 2. The van der Waals surface area contributed by atoms with Gasteiger partial charge in [0.2, 0.25) is 5.82 Å². The molecule has 3 rings (SSSR count). The van der Waals surface area contributed by atoms with Crippen LogP contribution in [-0.2, 0) is 0 Å². The van der Waals surface area contributed by atoms with Crippen LogP contribution in [0.15, 0.2) is 36.7 Å². The van der Waals surface area contributed by atoms with E-state index < -0.39 is 4.92 Å². The maximum absolute atomic E-state index is 12.7. The van der Waals surface area contributed by atoms with E-state index in [1.165, 1.54) is 30.6 Å². The van der Waals surface area contributed by atoms with Crippen LogP contribution in [0, 0.1) is 10.1 Å². The van der Waals surface area contributed by atoms with Gasteiger partial charge in [0.1, 0.15) is 5.69 Å². The third-order valence-corrected chi connectivity index (χ3v) is 4.49. The molecule has 0 unspecified atom stereocenters. The summed E-state index contributed by atoms with van der Waals surface area (Å²) in [5.74, 6) is -0.170. The van der Waals surface area contributed by atoms with E-state index in [-0.39, 0.29) is 29.2 Å². The second-order valence-electron chi connectivity index (χ2n) is 6.94. The maximum atomic E-state index is 12.7. The lowest BCUT2D eigenvalue weighted by molar-refractivity contribution is -0.384. The van der Waals surface area contributed by atoms with Crippen LogP contribution in [0.5, 0.6) is 0 Å². The summed E-state index contributed by atoms with van der Waals surface area (Å²) in [5, 5.41) is 14.0. The Morgan fingerprint density at radius 1 is 1.14 bits per heavy atom. The van der Waals surface area contributed by atoms with Gasteiger partial charge in [-0.2, -0.15) is 0 Å². The third-order valence-electron chi connectivity index (χ3n) is 4.49. The lowest BCUT2D eigenvalue weighted by atomic mass is 10.2. The molecule has 0 saturated carbocycles. The Morgan fingerprint density at radius 2 is 1.86 bits per heavy atom. The van der Waals surface area contributed by atoms with E-state index in [1.807, 2.05) is 13.8 Å². The Labute approximate surface area is 167 Å². The Morgan fingerprint density at radius 3 is 2.45 bits per heavy atom. The Hall–Kier alpha value is -3.56. The summed E-state index contributed by atoms with van der Waals surface area (Å²) in [5.41, 5.74) is 0.593. The zero-order chi connectivity index (χ0) is 21.0. The largest absolute Gasteiger partial charge is 0.350 e. The minimum atomic E-state index is -0.458. The fourth-order valence-corrected chi connectivity index (χ4v) is 3.06. The van der Waals surface area contributed by atoms with Crippen molar-refractivity contribution in [1.82, 2.24) is 20.2 Å². The maximum Gasteiger partial charge on any atom is 0.311 e. The number of nitrogens with one attached hydrogen (secondary N) is 1. The molecule has 3 heterocycles. The van der Waals surface area contributed by atoms with Crippen molar-refractivity contribution >= 4 is 23.3 Å². The van der Waals surface area contributed by atoms with Crippen molar-refractivity contribution in [3.8, 4) is 0 Å². The average Bonchev–Trinajstić information content (AvgIpc) is 2.73. The second-order valence-corrected chi connectivity index (χ2v) is 6.94. The minimum Gasteiger partial charge on any atom is -0.350 e. The molecule has 2 aromatic heterocycles. The molecule has 152 valence electrons. The topological polar surface area (TPSA) is 122 Å². The van der Waals surface area contributed by atoms with Gasteiger partial charge in [-0.3, -0.25) is 24.7 Å². The van der Waals surface area contributed by atoms with Crippen LogP contribution >= 0.6 is 0 Å². The number of nitrogens with zero attached hydrogens (tertiary/aromatic N) is 5. The lowest BCUT2D eigenvalue weighted by Gasteiger charge is -2.34. The van der Waals surface area contributed by atoms with Crippen LogP contribution in [0.4, 0.5) is 11.5 Å². The number of pyridine rings is 2. The second kappa shape index (κ2) is 8.63. The van der Waals surface area contributed by atoms with Crippen LogP contribution in [-0.4, -0.2) is 63.8 Å². The first-order chi connectivity index (χ1) is 13.9. The number of carbonyl (C=O) groups is 2.